The van der Waals surface area contributed by atoms with Gasteiger partial charge in [-0.05, 0) is 36.2 Å². The Balaban J connectivity index is 1.44. The summed E-state index contributed by atoms with van der Waals surface area (Å²) in [6.07, 6.45) is 2.34. The summed E-state index contributed by atoms with van der Waals surface area (Å²) in [5.41, 5.74) is 2.83. The Morgan fingerprint density at radius 2 is 1.84 bits per heavy atom. The molecule has 0 aliphatic rings. The van der Waals surface area contributed by atoms with Crippen LogP contribution in [0.25, 0.3) is 0 Å². The third-order valence-electron chi connectivity index (χ3n) is 4.94. The molecule has 0 unspecified atom stereocenters. The lowest BCUT2D eigenvalue weighted by Gasteiger charge is -2.10. The summed E-state index contributed by atoms with van der Waals surface area (Å²) < 4.78 is 7.43. The van der Waals surface area contributed by atoms with E-state index in [1.807, 2.05) is 54.6 Å². The van der Waals surface area contributed by atoms with Crippen LogP contribution in [0.5, 0.6) is 0 Å². The SMILES string of the molecule is CCn1c(Cc2ccccc2)nnc1SCc1ccccc1C(=O)NCc1ccco1. The number of carbonyl (C=O) groups is 1. The summed E-state index contributed by atoms with van der Waals surface area (Å²) in [6.45, 7) is 3.25. The third kappa shape index (κ3) is 5.24. The van der Waals surface area contributed by atoms with Gasteiger partial charge in [0.05, 0.1) is 12.8 Å². The fraction of sp³-hybridized carbons (Fsp3) is 0.208. The molecule has 0 atom stereocenters. The fourth-order valence-electron chi connectivity index (χ4n) is 3.34. The van der Waals surface area contributed by atoms with Crippen LogP contribution >= 0.6 is 11.8 Å². The molecule has 4 rings (SSSR count). The first-order valence-electron chi connectivity index (χ1n) is 10.2. The molecule has 0 radical (unpaired) electrons. The molecule has 158 valence electrons. The minimum absolute atomic E-state index is 0.116. The third-order valence-corrected chi connectivity index (χ3v) is 5.95. The summed E-state index contributed by atoms with van der Waals surface area (Å²) in [7, 11) is 0. The second-order valence-electron chi connectivity index (χ2n) is 7.01. The monoisotopic (exact) mass is 432 g/mol. The quantitative estimate of drug-likeness (QED) is 0.388. The lowest BCUT2D eigenvalue weighted by molar-refractivity contribution is 0.0947. The van der Waals surface area contributed by atoms with Crippen molar-refractivity contribution in [1.82, 2.24) is 20.1 Å². The molecule has 0 saturated carbocycles. The molecular formula is C24H24N4O2S. The van der Waals surface area contributed by atoms with Gasteiger partial charge in [-0.25, -0.2) is 0 Å². The first-order chi connectivity index (χ1) is 15.2. The van der Waals surface area contributed by atoms with Crippen molar-refractivity contribution >= 4 is 17.7 Å². The van der Waals surface area contributed by atoms with E-state index in [4.69, 9.17) is 4.42 Å². The van der Waals surface area contributed by atoms with Gasteiger partial charge in [-0.3, -0.25) is 4.79 Å². The van der Waals surface area contributed by atoms with Crippen molar-refractivity contribution in [2.75, 3.05) is 0 Å². The number of benzene rings is 2. The van der Waals surface area contributed by atoms with Gasteiger partial charge >= 0.3 is 0 Å². The average Bonchev–Trinajstić information content (AvgIpc) is 3.46. The number of nitrogens with zero attached hydrogens (tertiary/aromatic N) is 3. The van der Waals surface area contributed by atoms with Crippen molar-refractivity contribution in [3.8, 4) is 0 Å². The Labute approximate surface area is 185 Å². The van der Waals surface area contributed by atoms with Crippen LogP contribution in [0, 0.1) is 0 Å². The number of hydrogen-bond acceptors (Lipinski definition) is 5. The minimum atomic E-state index is -0.116. The Morgan fingerprint density at radius 3 is 2.61 bits per heavy atom. The fourth-order valence-corrected chi connectivity index (χ4v) is 4.36. The maximum atomic E-state index is 12.7. The average molecular weight is 433 g/mol. The summed E-state index contributed by atoms with van der Waals surface area (Å²) >= 11 is 1.59. The number of amides is 1. The zero-order chi connectivity index (χ0) is 21.5. The van der Waals surface area contributed by atoms with E-state index in [-0.39, 0.29) is 5.91 Å². The number of aromatic nitrogens is 3. The van der Waals surface area contributed by atoms with Gasteiger partial charge in [0.25, 0.3) is 5.91 Å². The molecular weight excluding hydrogens is 408 g/mol. The van der Waals surface area contributed by atoms with E-state index in [1.54, 1.807) is 18.0 Å². The molecule has 6 nitrogen and oxygen atoms in total. The molecule has 0 aliphatic heterocycles. The smallest absolute Gasteiger partial charge is 0.251 e. The molecule has 0 spiro atoms. The lowest BCUT2D eigenvalue weighted by atomic mass is 10.1. The number of carbonyl (C=O) groups excluding carboxylic acids is 1. The van der Waals surface area contributed by atoms with Gasteiger partial charge in [0, 0.05) is 24.3 Å². The second kappa shape index (κ2) is 10.1. The first-order valence-corrected chi connectivity index (χ1v) is 11.2. The molecule has 0 aliphatic carbocycles. The number of furan rings is 1. The van der Waals surface area contributed by atoms with Gasteiger partial charge in [-0.2, -0.15) is 0 Å². The molecule has 0 bridgehead atoms. The number of thioether (sulfide) groups is 1. The maximum absolute atomic E-state index is 12.7. The van der Waals surface area contributed by atoms with E-state index in [2.05, 4.69) is 39.1 Å². The van der Waals surface area contributed by atoms with E-state index >= 15 is 0 Å². The zero-order valence-corrected chi connectivity index (χ0v) is 18.1. The molecule has 4 aromatic rings. The Bertz CT molecular complexity index is 1120. The second-order valence-corrected chi connectivity index (χ2v) is 7.96. The Kier molecular flexibility index (Phi) is 6.84. The molecule has 7 heteroatoms. The zero-order valence-electron chi connectivity index (χ0n) is 17.3. The van der Waals surface area contributed by atoms with Crippen LogP contribution in [0.3, 0.4) is 0 Å². The molecule has 2 aromatic heterocycles. The van der Waals surface area contributed by atoms with E-state index in [0.717, 1.165) is 35.3 Å². The van der Waals surface area contributed by atoms with Gasteiger partial charge in [0.15, 0.2) is 5.16 Å². The predicted octanol–water partition coefficient (Wildman–Crippen LogP) is 4.70. The Hall–Kier alpha value is -3.32. The van der Waals surface area contributed by atoms with E-state index in [9.17, 15) is 4.79 Å². The molecule has 1 N–H and O–H groups in total. The van der Waals surface area contributed by atoms with Gasteiger partial charge < -0.3 is 14.3 Å². The number of nitrogens with one attached hydrogen (secondary N) is 1. The summed E-state index contributed by atoms with van der Waals surface area (Å²) in [4.78, 5) is 12.7. The van der Waals surface area contributed by atoms with Crippen LogP contribution in [-0.2, 0) is 25.3 Å². The van der Waals surface area contributed by atoms with Crippen LogP contribution in [0.15, 0.2) is 82.6 Å². The standard InChI is InChI=1S/C24H24N4O2S/c1-2-28-22(15-18-9-4-3-5-10-18)26-27-24(28)31-17-19-11-6-7-13-21(19)23(29)25-16-20-12-8-14-30-20/h3-14H,2,15-17H2,1H3,(H,25,29). The molecule has 0 fully saturated rings. The number of hydrogen-bond donors (Lipinski definition) is 1. The highest BCUT2D eigenvalue weighted by molar-refractivity contribution is 7.98. The van der Waals surface area contributed by atoms with Gasteiger partial charge in [0.2, 0.25) is 0 Å². The van der Waals surface area contributed by atoms with Gasteiger partial charge in [0.1, 0.15) is 11.6 Å². The van der Waals surface area contributed by atoms with E-state index < -0.39 is 0 Å². The first kappa shape index (κ1) is 20.9. The summed E-state index contributed by atoms with van der Waals surface area (Å²) in [5, 5.41) is 12.6. The largest absolute Gasteiger partial charge is 0.467 e. The van der Waals surface area contributed by atoms with Crippen molar-refractivity contribution in [3.05, 3.63) is 101 Å². The van der Waals surface area contributed by atoms with Crippen molar-refractivity contribution in [3.63, 3.8) is 0 Å². The Morgan fingerprint density at radius 1 is 1.03 bits per heavy atom. The summed E-state index contributed by atoms with van der Waals surface area (Å²) in [5.74, 6) is 2.19. The topological polar surface area (TPSA) is 73.0 Å². The van der Waals surface area contributed by atoms with Crippen molar-refractivity contribution in [2.24, 2.45) is 0 Å². The van der Waals surface area contributed by atoms with Crippen LogP contribution in [0.1, 0.15) is 40.0 Å². The molecule has 1 amide bonds. The maximum Gasteiger partial charge on any atom is 0.251 e. The lowest BCUT2D eigenvalue weighted by Crippen LogP contribution is -2.23. The highest BCUT2D eigenvalue weighted by Crippen LogP contribution is 2.25. The van der Waals surface area contributed by atoms with E-state index in [0.29, 0.717) is 17.9 Å². The van der Waals surface area contributed by atoms with Crippen molar-refractivity contribution in [2.45, 2.75) is 37.3 Å². The van der Waals surface area contributed by atoms with Crippen LogP contribution in [0.2, 0.25) is 0 Å². The minimum Gasteiger partial charge on any atom is -0.467 e. The highest BCUT2D eigenvalue weighted by atomic mass is 32.2. The predicted molar refractivity (Wildman–Crippen MR) is 121 cm³/mol. The van der Waals surface area contributed by atoms with Crippen molar-refractivity contribution in [1.29, 1.82) is 0 Å². The molecule has 0 saturated heterocycles. The van der Waals surface area contributed by atoms with E-state index in [1.165, 1.54) is 5.56 Å². The molecule has 2 aromatic carbocycles. The number of rotatable bonds is 9. The highest BCUT2D eigenvalue weighted by Gasteiger charge is 2.15. The van der Waals surface area contributed by atoms with Crippen LogP contribution in [0.4, 0.5) is 0 Å². The molecule has 2 heterocycles. The molecule has 31 heavy (non-hydrogen) atoms. The van der Waals surface area contributed by atoms with Gasteiger partial charge in [-0.15, -0.1) is 10.2 Å². The van der Waals surface area contributed by atoms with Gasteiger partial charge in [-0.1, -0.05) is 60.3 Å². The summed E-state index contributed by atoms with van der Waals surface area (Å²) in [6, 6.07) is 21.6. The van der Waals surface area contributed by atoms with Crippen LogP contribution < -0.4 is 5.32 Å². The van der Waals surface area contributed by atoms with Crippen LogP contribution in [-0.4, -0.2) is 20.7 Å². The van der Waals surface area contributed by atoms with Crippen molar-refractivity contribution < 1.29 is 9.21 Å². The normalized spacial score (nSPS) is 10.9.